The third-order valence-electron chi connectivity index (χ3n) is 2.12. The van der Waals surface area contributed by atoms with Crippen molar-refractivity contribution in [1.82, 2.24) is 4.98 Å². The highest BCUT2D eigenvalue weighted by Gasteiger charge is 2.14. The number of hydrogen-bond donors (Lipinski definition) is 2. The van der Waals surface area contributed by atoms with E-state index in [-0.39, 0.29) is 11.3 Å². The van der Waals surface area contributed by atoms with Gasteiger partial charge in [0.1, 0.15) is 11.5 Å². The van der Waals surface area contributed by atoms with Crippen molar-refractivity contribution in [3.05, 3.63) is 48.0 Å². The van der Waals surface area contributed by atoms with Gasteiger partial charge in [-0.15, -0.1) is 0 Å². The largest absolute Gasteiger partial charge is 0.477 e. The average molecular weight is 205 g/mol. The third-order valence-corrected chi connectivity index (χ3v) is 2.12. The molecule has 0 bridgehead atoms. The van der Waals surface area contributed by atoms with Gasteiger partial charge in [-0.2, -0.15) is 0 Å². The molecule has 15 heavy (non-hydrogen) atoms. The van der Waals surface area contributed by atoms with Gasteiger partial charge in [-0.1, -0.05) is 18.2 Å². The normalized spacial score (nSPS) is 10.2. The third kappa shape index (κ3) is 1.61. The summed E-state index contributed by atoms with van der Waals surface area (Å²) >= 11 is 0. The van der Waals surface area contributed by atoms with E-state index in [2.05, 4.69) is 4.98 Å². The van der Waals surface area contributed by atoms with Crippen LogP contribution in [-0.4, -0.2) is 16.1 Å². The van der Waals surface area contributed by atoms with E-state index in [1.807, 2.05) is 0 Å². The number of aromatic amines is 1. The Balaban J connectivity index is 2.59. The lowest BCUT2D eigenvalue weighted by Crippen LogP contribution is -1.99. The minimum absolute atomic E-state index is 0.0000926. The number of rotatable bonds is 2. The molecule has 0 aliphatic rings. The Hall–Kier alpha value is -2.10. The van der Waals surface area contributed by atoms with Gasteiger partial charge in [0, 0.05) is 17.3 Å². The highest BCUT2D eigenvalue weighted by Crippen LogP contribution is 2.25. The maximum atomic E-state index is 13.4. The van der Waals surface area contributed by atoms with E-state index in [4.69, 9.17) is 5.11 Å². The summed E-state index contributed by atoms with van der Waals surface area (Å²) < 4.78 is 13.4. The number of H-pyrrole nitrogens is 1. The molecule has 2 N–H and O–H groups in total. The van der Waals surface area contributed by atoms with Gasteiger partial charge in [-0.05, 0) is 12.1 Å². The highest BCUT2D eigenvalue weighted by atomic mass is 19.1. The highest BCUT2D eigenvalue weighted by molar-refractivity contribution is 5.94. The van der Waals surface area contributed by atoms with Crippen LogP contribution in [0.4, 0.5) is 4.39 Å². The molecule has 1 heterocycles. The van der Waals surface area contributed by atoms with Crippen molar-refractivity contribution in [3.8, 4) is 11.1 Å². The number of nitrogens with one attached hydrogen (secondary N) is 1. The molecular formula is C11H8FNO2. The molecule has 0 amide bonds. The Bertz CT molecular complexity index is 505. The van der Waals surface area contributed by atoms with E-state index in [9.17, 15) is 9.18 Å². The second-order valence-corrected chi connectivity index (χ2v) is 3.05. The number of hydrogen-bond acceptors (Lipinski definition) is 1. The summed E-state index contributed by atoms with van der Waals surface area (Å²) in [5.41, 5.74) is 0.650. The van der Waals surface area contributed by atoms with Gasteiger partial charge in [0.2, 0.25) is 0 Å². The number of benzene rings is 1. The molecule has 0 fully saturated rings. The van der Waals surface area contributed by atoms with Crippen molar-refractivity contribution < 1.29 is 14.3 Å². The van der Waals surface area contributed by atoms with Crippen LogP contribution in [0.3, 0.4) is 0 Å². The van der Waals surface area contributed by atoms with Crippen LogP contribution >= 0.6 is 0 Å². The molecule has 2 aromatic rings. The Morgan fingerprint density at radius 3 is 2.60 bits per heavy atom. The summed E-state index contributed by atoms with van der Waals surface area (Å²) in [7, 11) is 0. The zero-order chi connectivity index (χ0) is 10.8. The van der Waals surface area contributed by atoms with E-state index >= 15 is 0 Å². The lowest BCUT2D eigenvalue weighted by atomic mass is 10.1. The first-order chi connectivity index (χ1) is 7.20. The number of carboxylic acids is 1. The van der Waals surface area contributed by atoms with Crippen LogP contribution in [-0.2, 0) is 0 Å². The average Bonchev–Trinajstić information content (AvgIpc) is 2.67. The van der Waals surface area contributed by atoms with Crippen LogP contribution < -0.4 is 0 Å². The summed E-state index contributed by atoms with van der Waals surface area (Å²) in [6.45, 7) is 0. The van der Waals surface area contributed by atoms with Crippen molar-refractivity contribution in [2.75, 3.05) is 0 Å². The van der Waals surface area contributed by atoms with Crippen LogP contribution in [0.1, 0.15) is 10.5 Å². The lowest BCUT2D eigenvalue weighted by Gasteiger charge is -2.01. The first-order valence-electron chi connectivity index (χ1n) is 4.35. The monoisotopic (exact) mass is 205 g/mol. The Morgan fingerprint density at radius 2 is 1.93 bits per heavy atom. The van der Waals surface area contributed by atoms with Gasteiger partial charge in [0.15, 0.2) is 0 Å². The van der Waals surface area contributed by atoms with Crippen LogP contribution in [0.5, 0.6) is 0 Å². The SMILES string of the molecule is O=C(O)c1[nH]ccc1-c1ccccc1F. The molecule has 3 nitrogen and oxygen atoms in total. The van der Waals surface area contributed by atoms with E-state index in [1.54, 1.807) is 24.3 Å². The molecule has 0 aliphatic heterocycles. The fraction of sp³-hybridized carbons (Fsp3) is 0. The second-order valence-electron chi connectivity index (χ2n) is 3.05. The molecular weight excluding hydrogens is 197 g/mol. The van der Waals surface area contributed by atoms with Gasteiger partial charge >= 0.3 is 5.97 Å². The molecule has 0 saturated carbocycles. The molecule has 2 rings (SSSR count). The number of halogens is 1. The van der Waals surface area contributed by atoms with Crippen LogP contribution in [0.2, 0.25) is 0 Å². The van der Waals surface area contributed by atoms with Crippen molar-refractivity contribution in [2.24, 2.45) is 0 Å². The topological polar surface area (TPSA) is 53.1 Å². The van der Waals surface area contributed by atoms with Gasteiger partial charge < -0.3 is 10.1 Å². The zero-order valence-corrected chi connectivity index (χ0v) is 7.70. The van der Waals surface area contributed by atoms with E-state index in [0.29, 0.717) is 5.56 Å². The summed E-state index contributed by atoms with van der Waals surface area (Å²) in [6.07, 6.45) is 1.48. The molecule has 76 valence electrons. The quantitative estimate of drug-likeness (QED) is 0.791. The number of carbonyl (C=O) groups is 1. The fourth-order valence-electron chi connectivity index (χ4n) is 1.45. The smallest absolute Gasteiger partial charge is 0.352 e. The van der Waals surface area contributed by atoms with Crippen molar-refractivity contribution in [3.63, 3.8) is 0 Å². The van der Waals surface area contributed by atoms with Gasteiger partial charge in [0.25, 0.3) is 0 Å². The Labute approximate surface area is 85.2 Å². The molecule has 0 radical (unpaired) electrons. The van der Waals surface area contributed by atoms with Crippen LogP contribution in [0, 0.1) is 5.82 Å². The summed E-state index contributed by atoms with van der Waals surface area (Å²) in [6, 6.07) is 7.61. The van der Waals surface area contributed by atoms with E-state index in [1.165, 1.54) is 12.3 Å². The van der Waals surface area contributed by atoms with Gasteiger partial charge in [-0.3, -0.25) is 0 Å². The molecule has 0 atom stereocenters. The molecule has 4 heteroatoms. The molecule has 0 aliphatic carbocycles. The minimum Gasteiger partial charge on any atom is -0.477 e. The van der Waals surface area contributed by atoms with Crippen molar-refractivity contribution in [1.29, 1.82) is 0 Å². The molecule has 0 unspecified atom stereocenters. The molecule has 1 aromatic carbocycles. The Kier molecular flexibility index (Phi) is 2.25. The van der Waals surface area contributed by atoms with Crippen molar-refractivity contribution >= 4 is 5.97 Å². The summed E-state index contributed by atoms with van der Waals surface area (Å²) in [5, 5.41) is 8.85. The fourth-order valence-corrected chi connectivity index (χ4v) is 1.45. The first kappa shape index (κ1) is 9.45. The second kappa shape index (κ2) is 3.57. The standard InChI is InChI=1S/C11H8FNO2/c12-9-4-2-1-3-7(9)8-5-6-13-10(8)11(14)15/h1-6,13H,(H,14,15). The van der Waals surface area contributed by atoms with E-state index < -0.39 is 11.8 Å². The number of carboxylic acid groups (broad SMARTS) is 1. The van der Waals surface area contributed by atoms with Gasteiger partial charge in [0.05, 0.1) is 0 Å². The summed E-state index contributed by atoms with van der Waals surface area (Å²) in [5.74, 6) is -1.53. The van der Waals surface area contributed by atoms with Crippen LogP contribution in [0.25, 0.3) is 11.1 Å². The van der Waals surface area contributed by atoms with Crippen LogP contribution in [0.15, 0.2) is 36.5 Å². The zero-order valence-electron chi connectivity index (χ0n) is 7.70. The summed E-state index contributed by atoms with van der Waals surface area (Å²) in [4.78, 5) is 13.4. The maximum absolute atomic E-state index is 13.4. The van der Waals surface area contributed by atoms with E-state index in [0.717, 1.165) is 0 Å². The molecule has 1 aromatic heterocycles. The number of aromatic carboxylic acids is 1. The first-order valence-corrected chi connectivity index (χ1v) is 4.35. The minimum atomic E-state index is -1.10. The molecule has 0 spiro atoms. The van der Waals surface area contributed by atoms with Gasteiger partial charge in [-0.25, -0.2) is 9.18 Å². The lowest BCUT2D eigenvalue weighted by molar-refractivity contribution is 0.0692. The number of aromatic nitrogens is 1. The maximum Gasteiger partial charge on any atom is 0.352 e. The molecule has 0 saturated heterocycles. The predicted molar refractivity (Wildman–Crippen MR) is 53.1 cm³/mol. The Morgan fingerprint density at radius 1 is 1.20 bits per heavy atom. The predicted octanol–water partition coefficient (Wildman–Crippen LogP) is 2.52. The van der Waals surface area contributed by atoms with Crippen molar-refractivity contribution in [2.45, 2.75) is 0 Å².